The Kier molecular flexibility index (Phi) is 6.15. The van der Waals surface area contributed by atoms with Crippen LogP contribution in [0.15, 0.2) is 53.4 Å². The third-order valence-corrected chi connectivity index (χ3v) is 6.88. The SMILES string of the molecule is CC(C)[C@H](NC(=O)c1cccc(S(=O)(=O)N2CCCC2)c1)c1ccc(F)cc1. The van der Waals surface area contributed by atoms with Crippen molar-refractivity contribution in [3.8, 4) is 0 Å². The Bertz CT molecular complexity index is 936. The molecule has 0 bridgehead atoms. The number of nitrogens with one attached hydrogen (secondary N) is 1. The van der Waals surface area contributed by atoms with Gasteiger partial charge < -0.3 is 5.32 Å². The zero-order valence-corrected chi connectivity index (χ0v) is 16.9. The van der Waals surface area contributed by atoms with E-state index < -0.39 is 10.0 Å². The predicted octanol–water partition coefficient (Wildman–Crippen LogP) is 3.74. The van der Waals surface area contributed by atoms with Crippen molar-refractivity contribution in [1.82, 2.24) is 9.62 Å². The first kappa shape index (κ1) is 20.5. The van der Waals surface area contributed by atoms with Crippen LogP contribution in [0.5, 0.6) is 0 Å². The third kappa shape index (κ3) is 4.42. The maximum absolute atomic E-state index is 13.2. The van der Waals surface area contributed by atoms with Crippen LogP contribution in [0.3, 0.4) is 0 Å². The molecule has 1 amide bonds. The van der Waals surface area contributed by atoms with E-state index in [4.69, 9.17) is 0 Å². The Morgan fingerprint density at radius 1 is 1.07 bits per heavy atom. The number of nitrogens with zero attached hydrogens (tertiary/aromatic N) is 1. The normalized spacial score (nSPS) is 16.3. The fourth-order valence-electron chi connectivity index (χ4n) is 3.40. The summed E-state index contributed by atoms with van der Waals surface area (Å²) in [6.45, 7) is 4.95. The van der Waals surface area contributed by atoms with Gasteiger partial charge in [-0.3, -0.25) is 4.79 Å². The molecule has 2 aromatic carbocycles. The summed E-state index contributed by atoms with van der Waals surface area (Å²) >= 11 is 0. The molecule has 1 atom stereocenters. The minimum Gasteiger partial charge on any atom is -0.345 e. The van der Waals surface area contributed by atoms with Crippen molar-refractivity contribution in [2.24, 2.45) is 5.92 Å². The van der Waals surface area contributed by atoms with Crippen molar-refractivity contribution in [3.63, 3.8) is 0 Å². The minimum absolute atomic E-state index is 0.0749. The van der Waals surface area contributed by atoms with Crippen molar-refractivity contribution in [3.05, 3.63) is 65.5 Å². The van der Waals surface area contributed by atoms with E-state index in [0.29, 0.717) is 13.1 Å². The van der Waals surface area contributed by atoms with E-state index in [1.54, 1.807) is 24.3 Å². The molecule has 0 aromatic heterocycles. The average Bonchev–Trinajstić information content (AvgIpc) is 3.22. The summed E-state index contributed by atoms with van der Waals surface area (Å²) in [7, 11) is -3.58. The first-order valence-electron chi connectivity index (χ1n) is 9.45. The first-order valence-corrected chi connectivity index (χ1v) is 10.9. The first-order chi connectivity index (χ1) is 13.3. The highest BCUT2D eigenvalue weighted by atomic mass is 32.2. The van der Waals surface area contributed by atoms with E-state index >= 15 is 0 Å². The minimum atomic E-state index is -3.58. The number of hydrogen-bond donors (Lipinski definition) is 1. The number of sulfonamides is 1. The average molecular weight is 405 g/mol. The van der Waals surface area contributed by atoms with Crippen LogP contribution >= 0.6 is 0 Å². The molecule has 0 aliphatic carbocycles. The molecule has 3 rings (SSSR count). The summed E-state index contributed by atoms with van der Waals surface area (Å²) in [4.78, 5) is 12.9. The molecule has 1 fully saturated rings. The summed E-state index contributed by atoms with van der Waals surface area (Å²) in [6.07, 6.45) is 1.71. The number of carbonyl (C=O) groups is 1. The van der Waals surface area contributed by atoms with E-state index in [1.165, 1.54) is 28.6 Å². The topological polar surface area (TPSA) is 66.5 Å². The smallest absolute Gasteiger partial charge is 0.251 e. The molecule has 0 spiro atoms. The van der Waals surface area contributed by atoms with Crippen LogP contribution in [0.2, 0.25) is 0 Å². The third-order valence-electron chi connectivity index (χ3n) is 4.98. The molecule has 1 aliphatic heterocycles. The fourth-order valence-corrected chi connectivity index (χ4v) is 4.97. The largest absolute Gasteiger partial charge is 0.345 e. The number of rotatable bonds is 6. The molecule has 5 nitrogen and oxygen atoms in total. The van der Waals surface area contributed by atoms with Gasteiger partial charge in [0.15, 0.2) is 0 Å². The standard InChI is InChI=1S/C21H25FN2O3S/c1-15(2)20(16-8-10-18(22)11-9-16)23-21(25)17-6-5-7-19(14-17)28(26,27)24-12-3-4-13-24/h5-11,14-15,20H,3-4,12-13H2,1-2H3,(H,23,25)/t20-/m0/s1. The van der Waals surface area contributed by atoms with Crippen LogP contribution < -0.4 is 5.32 Å². The number of halogens is 1. The maximum Gasteiger partial charge on any atom is 0.251 e. The van der Waals surface area contributed by atoms with Gasteiger partial charge in [-0.25, -0.2) is 12.8 Å². The predicted molar refractivity (Wildman–Crippen MR) is 106 cm³/mol. The lowest BCUT2D eigenvalue weighted by Gasteiger charge is -2.23. The van der Waals surface area contributed by atoms with Crippen molar-refractivity contribution < 1.29 is 17.6 Å². The van der Waals surface area contributed by atoms with Crippen LogP contribution in [-0.4, -0.2) is 31.7 Å². The van der Waals surface area contributed by atoms with Crippen molar-refractivity contribution >= 4 is 15.9 Å². The van der Waals surface area contributed by atoms with Crippen LogP contribution in [0.4, 0.5) is 4.39 Å². The van der Waals surface area contributed by atoms with Crippen molar-refractivity contribution in [2.75, 3.05) is 13.1 Å². The molecule has 2 aromatic rings. The van der Waals surface area contributed by atoms with Gasteiger partial charge in [-0.1, -0.05) is 32.0 Å². The van der Waals surface area contributed by atoms with Crippen molar-refractivity contribution in [2.45, 2.75) is 37.6 Å². The lowest BCUT2D eigenvalue weighted by molar-refractivity contribution is 0.0925. The van der Waals surface area contributed by atoms with Gasteiger partial charge in [-0.05, 0) is 54.7 Å². The van der Waals surface area contributed by atoms with Gasteiger partial charge in [0.25, 0.3) is 5.91 Å². The van der Waals surface area contributed by atoms with Gasteiger partial charge in [0.05, 0.1) is 10.9 Å². The van der Waals surface area contributed by atoms with Crippen LogP contribution in [0.25, 0.3) is 0 Å². The van der Waals surface area contributed by atoms with E-state index in [2.05, 4.69) is 5.32 Å². The molecule has 1 heterocycles. The molecule has 1 saturated heterocycles. The van der Waals surface area contributed by atoms with Crippen LogP contribution in [0, 0.1) is 11.7 Å². The fraction of sp³-hybridized carbons (Fsp3) is 0.381. The highest BCUT2D eigenvalue weighted by molar-refractivity contribution is 7.89. The maximum atomic E-state index is 13.2. The van der Waals surface area contributed by atoms with Crippen LogP contribution in [-0.2, 0) is 10.0 Å². The quantitative estimate of drug-likeness (QED) is 0.798. The van der Waals surface area contributed by atoms with Crippen molar-refractivity contribution in [1.29, 1.82) is 0 Å². The molecule has 7 heteroatoms. The second-order valence-corrected chi connectivity index (χ2v) is 9.32. The van der Waals surface area contributed by atoms with E-state index in [9.17, 15) is 17.6 Å². The number of benzene rings is 2. The Morgan fingerprint density at radius 2 is 1.71 bits per heavy atom. The molecular weight excluding hydrogens is 379 g/mol. The monoisotopic (exact) mass is 404 g/mol. The summed E-state index contributed by atoms with van der Waals surface area (Å²) in [5.74, 6) is -0.621. The lowest BCUT2D eigenvalue weighted by Crippen LogP contribution is -2.32. The van der Waals surface area contributed by atoms with Gasteiger partial charge >= 0.3 is 0 Å². The van der Waals surface area contributed by atoms with Gasteiger partial charge in [-0.15, -0.1) is 0 Å². The second kappa shape index (κ2) is 8.41. The summed E-state index contributed by atoms with van der Waals surface area (Å²) in [5, 5.41) is 2.95. The van der Waals surface area contributed by atoms with Gasteiger partial charge in [-0.2, -0.15) is 4.31 Å². The zero-order valence-electron chi connectivity index (χ0n) is 16.1. The molecular formula is C21H25FN2O3S. The Balaban J connectivity index is 1.83. The Morgan fingerprint density at radius 3 is 2.32 bits per heavy atom. The summed E-state index contributed by atoms with van der Waals surface area (Å²) in [5.41, 5.74) is 1.08. The Labute approximate surface area is 165 Å². The van der Waals surface area contributed by atoms with Crippen LogP contribution in [0.1, 0.15) is 48.7 Å². The van der Waals surface area contributed by atoms with Gasteiger partial charge in [0, 0.05) is 18.7 Å². The van der Waals surface area contributed by atoms with E-state index in [1.807, 2.05) is 13.8 Å². The molecule has 1 aliphatic rings. The van der Waals surface area contributed by atoms with E-state index in [-0.39, 0.29) is 34.1 Å². The molecule has 0 saturated carbocycles. The number of hydrogen-bond acceptors (Lipinski definition) is 3. The number of amides is 1. The second-order valence-electron chi connectivity index (χ2n) is 7.39. The van der Waals surface area contributed by atoms with Gasteiger partial charge in [0.2, 0.25) is 10.0 Å². The van der Waals surface area contributed by atoms with E-state index in [0.717, 1.165) is 18.4 Å². The highest BCUT2D eigenvalue weighted by Gasteiger charge is 2.28. The molecule has 28 heavy (non-hydrogen) atoms. The molecule has 0 unspecified atom stereocenters. The summed E-state index contributed by atoms with van der Waals surface area (Å²) < 4.78 is 40.2. The zero-order chi connectivity index (χ0) is 20.3. The lowest BCUT2D eigenvalue weighted by atomic mass is 9.95. The molecule has 1 N–H and O–H groups in total. The highest BCUT2D eigenvalue weighted by Crippen LogP contribution is 2.24. The Hall–Kier alpha value is -2.25. The molecule has 0 radical (unpaired) electrons. The van der Waals surface area contributed by atoms with Gasteiger partial charge in [0.1, 0.15) is 5.82 Å². The molecule has 150 valence electrons. The summed E-state index contributed by atoms with van der Waals surface area (Å²) in [6, 6.07) is 11.8. The number of carbonyl (C=O) groups excluding carboxylic acids is 1.